The Labute approximate surface area is 175 Å². The summed E-state index contributed by atoms with van der Waals surface area (Å²) in [7, 11) is -3.62. The molecule has 1 saturated carbocycles. The number of nitrogens with zero attached hydrogens (tertiary/aromatic N) is 2. The van der Waals surface area contributed by atoms with Crippen molar-refractivity contribution in [2.24, 2.45) is 5.10 Å². The van der Waals surface area contributed by atoms with Crippen molar-refractivity contribution in [3.05, 3.63) is 65.5 Å². The van der Waals surface area contributed by atoms with Crippen LogP contribution in [-0.4, -0.2) is 49.3 Å². The fraction of sp³-hybridized carbons (Fsp3) is 0.318. The van der Waals surface area contributed by atoms with Crippen molar-refractivity contribution in [2.75, 3.05) is 6.54 Å². The molecule has 3 atom stereocenters. The van der Waals surface area contributed by atoms with Gasteiger partial charge in [0.25, 0.3) is 12.5 Å². The van der Waals surface area contributed by atoms with Crippen LogP contribution >= 0.6 is 0 Å². The quantitative estimate of drug-likeness (QED) is 0.567. The van der Waals surface area contributed by atoms with Crippen molar-refractivity contribution in [3.63, 3.8) is 0 Å². The summed E-state index contributed by atoms with van der Waals surface area (Å²) in [6, 6.07) is 12.5. The van der Waals surface area contributed by atoms with Crippen LogP contribution in [0.3, 0.4) is 0 Å². The second-order valence-electron chi connectivity index (χ2n) is 7.74. The first-order valence-corrected chi connectivity index (χ1v) is 11.4. The average Bonchev–Trinajstić information content (AvgIpc) is 3.14. The van der Waals surface area contributed by atoms with Gasteiger partial charge in [0.1, 0.15) is 11.7 Å². The predicted octanol–water partition coefficient (Wildman–Crippen LogP) is 2.42. The monoisotopic (exact) mass is 428 g/mol. The molecule has 0 radical (unpaired) electrons. The van der Waals surface area contributed by atoms with Crippen LogP contribution in [-0.2, 0) is 14.6 Å². The van der Waals surface area contributed by atoms with E-state index in [9.17, 15) is 17.6 Å². The van der Waals surface area contributed by atoms with E-state index in [1.54, 1.807) is 10.9 Å². The van der Waals surface area contributed by atoms with Gasteiger partial charge in [0, 0.05) is 6.04 Å². The first kappa shape index (κ1) is 20.4. The van der Waals surface area contributed by atoms with E-state index in [-0.39, 0.29) is 23.3 Å². The second kappa shape index (κ2) is 8.10. The molecule has 0 saturated heterocycles. The first-order valence-electron chi connectivity index (χ1n) is 9.84. The summed E-state index contributed by atoms with van der Waals surface area (Å²) in [4.78, 5) is 12.5. The Morgan fingerprint density at radius 2 is 1.83 bits per heavy atom. The standard InChI is InChI=1S/C22H22FN3O3S/c1-15-2-4-16(5-3-15)17-12-24-26(13-17)14-22(27)25-20-10-11-21(20)30(28,29)19-8-6-18(23)7-9-19/h2-9,12-13,17,20-21H,10-11,14H2,1H3/p+1/t17?,20-,21+/m1/s1. The number of hydrazone groups is 1. The summed E-state index contributed by atoms with van der Waals surface area (Å²) in [6.07, 6.45) is 4.71. The molecule has 1 fully saturated rings. The Kier molecular flexibility index (Phi) is 5.51. The molecule has 0 aromatic heterocycles. The van der Waals surface area contributed by atoms with Crippen LogP contribution < -0.4 is 5.32 Å². The summed E-state index contributed by atoms with van der Waals surface area (Å²) in [5, 5.41) is 6.39. The van der Waals surface area contributed by atoms with Crippen LogP contribution in [0, 0.1) is 12.7 Å². The third kappa shape index (κ3) is 4.18. The smallest absolute Gasteiger partial charge is 0.288 e. The van der Waals surface area contributed by atoms with Gasteiger partial charge in [-0.1, -0.05) is 34.5 Å². The Hall–Kier alpha value is -2.87. The van der Waals surface area contributed by atoms with E-state index in [0.717, 1.165) is 17.7 Å². The third-order valence-corrected chi connectivity index (χ3v) is 7.86. The molecule has 2 aliphatic rings. The first-order chi connectivity index (χ1) is 14.3. The van der Waals surface area contributed by atoms with Gasteiger partial charge < -0.3 is 5.32 Å². The Morgan fingerprint density at radius 3 is 2.47 bits per heavy atom. The third-order valence-electron chi connectivity index (χ3n) is 5.57. The zero-order chi connectivity index (χ0) is 21.3. The van der Waals surface area contributed by atoms with Gasteiger partial charge >= 0.3 is 0 Å². The van der Waals surface area contributed by atoms with Gasteiger partial charge in [-0.15, -0.1) is 0 Å². The molecule has 4 rings (SSSR count). The number of carbonyl (C=O) groups excluding carboxylic acids is 1. The van der Waals surface area contributed by atoms with Gasteiger partial charge in [0.2, 0.25) is 0 Å². The summed E-state index contributed by atoms with van der Waals surface area (Å²) >= 11 is 0. The summed E-state index contributed by atoms with van der Waals surface area (Å²) in [6.45, 7) is 2.05. The highest BCUT2D eigenvalue weighted by Crippen LogP contribution is 2.32. The zero-order valence-corrected chi connectivity index (χ0v) is 17.3. The molecule has 0 spiro atoms. The highest BCUT2D eigenvalue weighted by molar-refractivity contribution is 7.92. The minimum absolute atomic E-state index is 0.00806. The van der Waals surface area contributed by atoms with E-state index in [4.69, 9.17) is 0 Å². The highest BCUT2D eigenvalue weighted by Gasteiger charge is 2.42. The van der Waals surface area contributed by atoms with E-state index in [0.29, 0.717) is 12.8 Å². The SMILES string of the molecule is Cc1ccc(C2C=N[N+](CC(=O)N[C@@H]3CC[C@@H]3S(=O)(=O)c3ccc(F)cc3)=C2)cc1. The summed E-state index contributed by atoms with van der Waals surface area (Å²) in [5.74, 6) is -0.760. The Morgan fingerprint density at radius 1 is 1.13 bits per heavy atom. The Bertz CT molecular complexity index is 1110. The van der Waals surface area contributed by atoms with Crippen LogP contribution in [0.1, 0.15) is 29.9 Å². The van der Waals surface area contributed by atoms with Crippen LogP contribution in [0.15, 0.2) is 58.5 Å². The lowest BCUT2D eigenvalue weighted by molar-refractivity contribution is -0.514. The molecule has 2 aromatic rings. The maximum atomic E-state index is 13.1. The van der Waals surface area contributed by atoms with Crippen LogP contribution in [0.5, 0.6) is 0 Å². The van der Waals surface area contributed by atoms with E-state index in [1.165, 1.54) is 17.7 Å². The van der Waals surface area contributed by atoms with E-state index in [2.05, 4.69) is 10.4 Å². The molecule has 1 N–H and O–H groups in total. The average molecular weight is 429 g/mol. The lowest BCUT2D eigenvalue weighted by atomic mass is 9.92. The normalized spacial score (nSPS) is 23.0. The molecule has 0 bridgehead atoms. The van der Waals surface area contributed by atoms with Crippen molar-refractivity contribution in [1.29, 1.82) is 0 Å². The molecular weight excluding hydrogens is 405 g/mol. The molecule has 30 heavy (non-hydrogen) atoms. The number of halogens is 1. The molecular formula is C22H23FN3O3S+. The fourth-order valence-corrected chi connectivity index (χ4v) is 5.63. The summed E-state index contributed by atoms with van der Waals surface area (Å²) < 4.78 is 40.2. The van der Waals surface area contributed by atoms with Crippen molar-refractivity contribution < 1.29 is 22.3 Å². The number of hydrogen-bond acceptors (Lipinski definition) is 4. The van der Waals surface area contributed by atoms with Gasteiger partial charge in [0.05, 0.1) is 16.4 Å². The molecule has 8 heteroatoms. The second-order valence-corrected chi connectivity index (χ2v) is 9.90. The molecule has 6 nitrogen and oxygen atoms in total. The van der Waals surface area contributed by atoms with Gasteiger partial charge in [-0.25, -0.2) is 12.8 Å². The van der Waals surface area contributed by atoms with E-state index < -0.39 is 26.9 Å². The Balaban J connectivity index is 1.36. The molecule has 2 aromatic carbocycles. The lowest BCUT2D eigenvalue weighted by Crippen LogP contribution is -2.54. The van der Waals surface area contributed by atoms with Crippen LogP contribution in [0.4, 0.5) is 4.39 Å². The maximum Gasteiger partial charge on any atom is 0.288 e. The zero-order valence-electron chi connectivity index (χ0n) is 16.5. The fourth-order valence-electron chi connectivity index (χ4n) is 3.68. The lowest BCUT2D eigenvalue weighted by Gasteiger charge is -2.36. The van der Waals surface area contributed by atoms with Gasteiger partial charge in [-0.2, -0.15) is 0 Å². The number of hydrogen-bond donors (Lipinski definition) is 1. The van der Waals surface area contributed by atoms with Crippen LogP contribution in [0.2, 0.25) is 0 Å². The van der Waals surface area contributed by atoms with Gasteiger partial charge in [0.15, 0.2) is 16.1 Å². The number of nitrogens with one attached hydrogen (secondary N) is 1. The van der Waals surface area contributed by atoms with Crippen molar-refractivity contribution in [3.8, 4) is 0 Å². The van der Waals surface area contributed by atoms with Gasteiger partial charge in [-0.3, -0.25) is 4.79 Å². The highest BCUT2D eigenvalue weighted by atomic mass is 32.2. The van der Waals surface area contributed by atoms with E-state index >= 15 is 0 Å². The number of benzene rings is 2. The largest absolute Gasteiger partial charge is 0.346 e. The van der Waals surface area contributed by atoms with Crippen molar-refractivity contribution in [2.45, 2.75) is 41.9 Å². The molecule has 1 amide bonds. The van der Waals surface area contributed by atoms with E-state index in [1.807, 2.05) is 37.4 Å². The predicted molar refractivity (Wildman–Crippen MR) is 112 cm³/mol. The number of rotatable bonds is 6. The van der Waals surface area contributed by atoms with Crippen LogP contribution in [0.25, 0.3) is 0 Å². The molecule has 1 heterocycles. The summed E-state index contributed by atoms with van der Waals surface area (Å²) in [5.41, 5.74) is 2.27. The number of aryl methyl sites for hydroxylation is 1. The van der Waals surface area contributed by atoms with Crippen molar-refractivity contribution >= 4 is 28.2 Å². The minimum atomic E-state index is -3.62. The molecule has 1 aliphatic carbocycles. The number of amides is 1. The molecule has 156 valence electrons. The minimum Gasteiger partial charge on any atom is -0.346 e. The topological polar surface area (TPSA) is 78.6 Å². The molecule has 1 unspecified atom stereocenters. The number of sulfone groups is 1. The van der Waals surface area contributed by atoms with Gasteiger partial charge in [-0.05, 0) is 54.7 Å². The molecule has 1 aliphatic heterocycles. The van der Waals surface area contributed by atoms with Crippen molar-refractivity contribution in [1.82, 2.24) is 5.32 Å². The maximum absolute atomic E-state index is 13.1. The number of carbonyl (C=O) groups is 1.